The van der Waals surface area contributed by atoms with Crippen molar-refractivity contribution in [2.75, 3.05) is 13.1 Å². The van der Waals surface area contributed by atoms with Crippen molar-refractivity contribution in [1.82, 2.24) is 20.3 Å². The quantitative estimate of drug-likeness (QED) is 0.432. The smallest absolute Gasteiger partial charge is 0.244 e. The number of hydrogen-bond acceptors (Lipinski definition) is 5. The molecule has 40 heavy (non-hydrogen) atoms. The summed E-state index contributed by atoms with van der Waals surface area (Å²) in [5.74, 6) is -0.798. The third kappa shape index (κ3) is 6.22. The number of halogens is 1. The molecule has 1 heterocycles. The van der Waals surface area contributed by atoms with E-state index >= 15 is 0 Å². The van der Waals surface area contributed by atoms with Crippen LogP contribution in [0.1, 0.15) is 78.8 Å². The number of nitrogens with one attached hydrogen (secondary N) is 3. The fourth-order valence-electron chi connectivity index (χ4n) is 6.28. The van der Waals surface area contributed by atoms with Crippen LogP contribution in [0.15, 0.2) is 35.2 Å². The van der Waals surface area contributed by atoms with E-state index in [0.717, 1.165) is 31.4 Å². The molecule has 2 aromatic carbocycles. The number of carbonyl (C=O) groups is 2. The van der Waals surface area contributed by atoms with Gasteiger partial charge in [0.1, 0.15) is 6.04 Å². The summed E-state index contributed by atoms with van der Waals surface area (Å²) in [7, 11) is -4.03. The molecule has 10 heteroatoms. The van der Waals surface area contributed by atoms with E-state index in [1.54, 1.807) is 19.9 Å². The number of hydrogen-bond donors (Lipinski definition) is 3. The predicted octanol–water partition coefficient (Wildman–Crippen LogP) is 4.06. The first-order valence-corrected chi connectivity index (χ1v) is 16.2. The van der Waals surface area contributed by atoms with Crippen LogP contribution in [0.5, 0.6) is 0 Å². The van der Waals surface area contributed by atoms with Crippen LogP contribution < -0.4 is 16.0 Å². The molecular formula is C30H39ClN4O4S. The Kier molecular flexibility index (Phi) is 8.85. The summed E-state index contributed by atoms with van der Waals surface area (Å²) in [5.41, 5.74) is 4.74. The summed E-state index contributed by atoms with van der Waals surface area (Å²) >= 11 is 6.19. The minimum absolute atomic E-state index is 0.0943. The highest BCUT2D eigenvalue weighted by molar-refractivity contribution is 7.89. The number of benzene rings is 2. The van der Waals surface area contributed by atoms with Crippen LogP contribution >= 0.6 is 11.6 Å². The van der Waals surface area contributed by atoms with Crippen molar-refractivity contribution in [3.63, 3.8) is 0 Å². The number of nitrogens with zero attached hydrogens (tertiary/aromatic N) is 1. The Labute approximate surface area is 242 Å². The zero-order valence-electron chi connectivity index (χ0n) is 23.3. The highest BCUT2D eigenvalue weighted by Crippen LogP contribution is 2.32. The van der Waals surface area contributed by atoms with Crippen molar-refractivity contribution in [2.45, 2.75) is 94.8 Å². The molecule has 0 aromatic heterocycles. The monoisotopic (exact) mass is 586 g/mol. The van der Waals surface area contributed by atoms with Gasteiger partial charge < -0.3 is 16.0 Å². The van der Waals surface area contributed by atoms with E-state index in [1.165, 1.54) is 47.2 Å². The highest BCUT2D eigenvalue weighted by atomic mass is 35.5. The Bertz CT molecular complexity index is 1390. The van der Waals surface area contributed by atoms with Crippen LogP contribution in [0.2, 0.25) is 5.02 Å². The fraction of sp³-hybridized carbons (Fsp3) is 0.533. The molecule has 2 amide bonds. The summed E-state index contributed by atoms with van der Waals surface area (Å²) in [6.07, 6.45) is 7.58. The number of fused-ring (bicyclic) bond motifs is 1. The van der Waals surface area contributed by atoms with Gasteiger partial charge in [0.15, 0.2) is 0 Å². The van der Waals surface area contributed by atoms with Crippen molar-refractivity contribution in [1.29, 1.82) is 0 Å². The first-order valence-electron chi connectivity index (χ1n) is 14.3. The molecule has 3 N–H and O–H groups in total. The topological polar surface area (TPSA) is 108 Å². The second kappa shape index (κ2) is 12.2. The molecule has 5 rings (SSSR count). The van der Waals surface area contributed by atoms with Crippen LogP contribution in [0.3, 0.4) is 0 Å². The van der Waals surface area contributed by atoms with Crippen molar-refractivity contribution < 1.29 is 18.0 Å². The van der Waals surface area contributed by atoms with Gasteiger partial charge in [0, 0.05) is 30.7 Å². The molecule has 2 fully saturated rings. The van der Waals surface area contributed by atoms with E-state index in [2.05, 4.69) is 34.1 Å². The summed E-state index contributed by atoms with van der Waals surface area (Å²) in [6, 6.07) is 8.96. The van der Waals surface area contributed by atoms with Gasteiger partial charge in [-0.05, 0) is 85.9 Å². The first kappa shape index (κ1) is 29.0. The average molecular weight is 587 g/mol. The summed E-state index contributed by atoms with van der Waals surface area (Å²) in [4.78, 5) is 26.3. The molecule has 0 spiro atoms. The molecule has 8 nitrogen and oxygen atoms in total. The molecule has 0 radical (unpaired) electrons. The van der Waals surface area contributed by atoms with Crippen molar-refractivity contribution >= 4 is 33.4 Å². The zero-order valence-corrected chi connectivity index (χ0v) is 24.8. The Hall–Kier alpha value is -2.46. The van der Waals surface area contributed by atoms with Crippen molar-refractivity contribution in [3.8, 4) is 0 Å². The molecule has 3 aliphatic rings. The van der Waals surface area contributed by atoms with Crippen molar-refractivity contribution in [3.05, 3.63) is 63.2 Å². The van der Waals surface area contributed by atoms with E-state index in [9.17, 15) is 18.0 Å². The van der Waals surface area contributed by atoms with Gasteiger partial charge in [0.25, 0.3) is 0 Å². The molecule has 2 atom stereocenters. The van der Waals surface area contributed by atoms with Gasteiger partial charge in [-0.1, -0.05) is 42.6 Å². The molecule has 216 valence electrons. The number of piperazine rings is 1. The minimum Gasteiger partial charge on any atom is -0.353 e. The maximum Gasteiger partial charge on any atom is 0.244 e. The van der Waals surface area contributed by atoms with E-state index in [1.807, 2.05) is 0 Å². The lowest BCUT2D eigenvalue weighted by atomic mass is 9.86. The molecule has 1 saturated heterocycles. The second-order valence-electron chi connectivity index (χ2n) is 11.4. The standard InChI is InChI=1S/C30H39ClN4O4S/c1-19-15-28(20(2)14-25(19)31)40(38,39)35-13-12-32-30(37)27(35)17-29(36)34-26-9-5-6-22-16-21(10-11-24(22)26)18-33-23-7-3-4-8-23/h10-11,14-16,23,26-27,33H,3-9,12-13,17-18H2,1-2H3,(H,32,37)(H,34,36)/t26-,27?/m1/s1. The Balaban J connectivity index is 1.28. The van der Waals surface area contributed by atoms with Crippen LogP contribution in [-0.2, 0) is 32.6 Å². The number of sulfonamides is 1. The number of aryl methyl sites for hydroxylation is 3. The number of amides is 2. The highest BCUT2D eigenvalue weighted by Gasteiger charge is 2.40. The number of carbonyl (C=O) groups excluding carboxylic acids is 2. The summed E-state index contributed by atoms with van der Waals surface area (Å²) in [6.45, 7) is 4.56. The van der Waals surface area contributed by atoms with E-state index in [-0.39, 0.29) is 36.4 Å². The third-order valence-electron chi connectivity index (χ3n) is 8.51. The van der Waals surface area contributed by atoms with E-state index in [4.69, 9.17) is 11.6 Å². The average Bonchev–Trinajstić information content (AvgIpc) is 3.44. The fourth-order valence-corrected chi connectivity index (χ4v) is 8.38. The molecule has 2 aliphatic carbocycles. The third-order valence-corrected chi connectivity index (χ3v) is 11.0. The molecule has 0 bridgehead atoms. The predicted molar refractivity (Wildman–Crippen MR) is 156 cm³/mol. The lowest BCUT2D eigenvalue weighted by molar-refractivity contribution is -0.132. The lowest BCUT2D eigenvalue weighted by Gasteiger charge is -2.34. The summed E-state index contributed by atoms with van der Waals surface area (Å²) < 4.78 is 28.6. The number of rotatable bonds is 8. The van der Waals surface area contributed by atoms with Gasteiger partial charge in [-0.3, -0.25) is 9.59 Å². The normalized spacial score (nSPS) is 22.1. The summed E-state index contributed by atoms with van der Waals surface area (Å²) in [5, 5.41) is 9.98. The Morgan fingerprint density at radius 1 is 1.07 bits per heavy atom. The van der Waals surface area contributed by atoms with Gasteiger partial charge in [-0.15, -0.1) is 0 Å². The molecule has 1 aliphatic heterocycles. The van der Waals surface area contributed by atoms with Gasteiger partial charge in [-0.25, -0.2) is 8.42 Å². The lowest BCUT2D eigenvalue weighted by Crippen LogP contribution is -2.58. The largest absolute Gasteiger partial charge is 0.353 e. The van der Waals surface area contributed by atoms with Gasteiger partial charge in [-0.2, -0.15) is 4.31 Å². The maximum atomic E-state index is 13.7. The van der Waals surface area contributed by atoms with Gasteiger partial charge in [0.05, 0.1) is 17.4 Å². The molecule has 2 aromatic rings. The molecule has 1 saturated carbocycles. The van der Waals surface area contributed by atoms with E-state index in [0.29, 0.717) is 22.2 Å². The van der Waals surface area contributed by atoms with Crippen LogP contribution in [0, 0.1) is 13.8 Å². The van der Waals surface area contributed by atoms with Crippen molar-refractivity contribution in [2.24, 2.45) is 0 Å². The SMILES string of the molecule is Cc1cc(S(=O)(=O)N2CCNC(=O)C2CC(=O)N[C@@H]2CCCc3cc(CNC4CCCC4)ccc32)c(C)cc1Cl. The van der Waals surface area contributed by atoms with Gasteiger partial charge in [0.2, 0.25) is 21.8 Å². The molecular weight excluding hydrogens is 548 g/mol. The van der Waals surface area contributed by atoms with Crippen LogP contribution in [0.25, 0.3) is 0 Å². The van der Waals surface area contributed by atoms with Gasteiger partial charge >= 0.3 is 0 Å². The van der Waals surface area contributed by atoms with Crippen LogP contribution in [0.4, 0.5) is 0 Å². The zero-order chi connectivity index (χ0) is 28.4. The second-order valence-corrected chi connectivity index (χ2v) is 13.7. The Morgan fingerprint density at radius 2 is 1.85 bits per heavy atom. The molecule has 1 unspecified atom stereocenters. The van der Waals surface area contributed by atoms with Crippen LogP contribution in [-0.4, -0.2) is 49.7 Å². The maximum absolute atomic E-state index is 13.7. The minimum atomic E-state index is -4.03. The first-order chi connectivity index (χ1) is 19.1. The van der Waals surface area contributed by atoms with E-state index < -0.39 is 22.0 Å². The Morgan fingerprint density at radius 3 is 2.62 bits per heavy atom.